The van der Waals surface area contributed by atoms with E-state index in [2.05, 4.69) is 20.9 Å². The van der Waals surface area contributed by atoms with Crippen LogP contribution in [0.15, 0.2) is 41.0 Å². The molecule has 0 saturated carbocycles. The van der Waals surface area contributed by atoms with E-state index in [9.17, 15) is 9.18 Å². The van der Waals surface area contributed by atoms with Crippen LogP contribution in [0.4, 0.5) is 4.39 Å². The Bertz CT molecular complexity index is 586. The molecule has 0 fully saturated rings. The van der Waals surface area contributed by atoms with Gasteiger partial charge >= 0.3 is 0 Å². The zero-order valence-electron chi connectivity index (χ0n) is 9.16. The number of ketones is 1. The molecule has 0 saturated heterocycles. The summed E-state index contributed by atoms with van der Waals surface area (Å²) < 4.78 is 13.6. The van der Waals surface area contributed by atoms with Crippen molar-refractivity contribution < 1.29 is 9.18 Å². The summed E-state index contributed by atoms with van der Waals surface area (Å²) in [6.07, 6.45) is 1.50. The van der Waals surface area contributed by atoms with Crippen LogP contribution in [0, 0.1) is 5.82 Å². The first-order valence-electron chi connectivity index (χ1n) is 5.15. The standard InChI is InChI=1S/C13H8BrClFNO/c14-13-8(2-1-3-10(13)16)6-12(18)11-5-4-9(15)7-17-11/h1-5,7H,6H2. The molecule has 5 heteroatoms. The first kappa shape index (κ1) is 13.2. The summed E-state index contributed by atoms with van der Waals surface area (Å²) in [6.45, 7) is 0. The van der Waals surface area contributed by atoms with E-state index in [1.165, 1.54) is 12.3 Å². The van der Waals surface area contributed by atoms with Gasteiger partial charge in [0.1, 0.15) is 11.5 Å². The predicted molar refractivity (Wildman–Crippen MR) is 71.4 cm³/mol. The molecule has 1 heterocycles. The smallest absolute Gasteiger partial charge is 0.185 e. The largest absolute Gasteiger partial charge is 0.292 e. The fraction of sp³-hybridized carbons (Fsp3) is 0.0769. The van der Waals surface area contributed by atoms with E-state index >= 15 is 0 Å². The van der Waals surface area contributed by atoms with Gasteiger partial charge in [-0.25, -0.2) is 4.39 Å². The molecule has 0 unspecified atom stereocenters. The van der Waals surface area contributed by atoms with Gasteiger partial charge in [0.25, 0.3) is 0 Å². The molecule has 2 rings (SSSR count). The maximum atomic E-state index is 13.3. The van der Waals surface area contributed by atoms with Crippen molar-refractivity contribution in [3.8, 4) is 0 Å². The normalized spacial score (nSPS) is 10.4. The Morgan fingerprint density at radius 2 is 2.11 bits per heavy atom. The third kappa shape index (κ3) is 2.94. The number of carbonyl (C=O) groups is 1. The van der Waals surface area contributed by atoms with E-state index in [1.54, 1.807) is 24.3 Å². The Hall–Kier alpha value is -1.26. The Morgan fingerprint density at radius 3 is 2.78 bits per heavy atom. The molecular weight excluding hydrogens is 321 g/mol. The molecule has 2 aromatic rings. The molecule has 1 aromatic carbocycles. The van der Waals surface area contributed by atoms with E-state index in [0.717, 1.165) is 0 Å². The van der Waals surface area contributed by atoms with Crippen LogP contribution in [0.2, 0.25) is 5.02 Å². The first-order chi connectivity index (χ1) is 8.58. The second kappa shape index (κ2) is 5.59. The topological polar surface area (TPSA) is 30.0 Å². The van der Waals surface area contributed by atoms with Crippen molar-refractivity contribution >= 4 is 33.3 Å². The summed E-state index contributed by atoms with van der Waals surface area (Å²) in [6, 6.07) is 7.75. The highest BCUT2D eigenvalue weighted by atomic mass is 79.9. The number of pyridine rings is 1. The van der Waals surface area contributed by atoms with Gasteiger partial charge in [0.05, 0.1) is 9.50 Å². The zero-order chi connectivity index (χ0) is 13.1. The summed E-state index contributed by atoms with van der Waals surface area (Å²) in [4.78, 5) is 15.9. The molecule has 1 aromatic heterocycles. The van der Waals surface area contributed by atoms with Crippen LogP contribution in [0.1, 0.15) is 16.1 Å². The van der Waals surface area contributed by atoms with Crippen molar-refractivity contribution in [1.82, 2.24) is 4.98 Å². The predicted octanol–water partition coefficient (Wildman–Crippen LogP) is 4.06. The molecule has 0 atom stereocenters. The van der Waals surface area contributed by atoms with E-state index < -0.39 is 0 Å². The Balaban J connectivity index is 2.21. The minimum atomic E-state index is -0.385. The number of Topliss-reactive ketones (excluding diaryl/α,β-unsaturated/α-hetero) is 1. The van der Waals surface area contributed by atoms with Crippen molar-refractivity contribution in [3.05, 3.63) is 63.1 Å². The van der Waals surface area contributed by atoms with Crippen LogP contribution in [-0.2, 0) is 6.42 Å². The fourth-order valence-electron chi connectivity index (χ4n) is 1.49. The second-order valence-corrected chi connectivity index (χ2v) is 4.90. The van der Waals surface area contributed by atoms with E-state index in [1.807, 2.05) is 0 Å². The molecule has 0 bridgehead atoms. The molecule has 0 radical (unpaired) electrons. The summed E-state index contributed by atoms with van der Waals surface area (Å²) in [7, 11) is 0. The lowest BCUT2D eigenvalue weighted by molar-refractivity contribution is 0.0988. The SMILES string of the molecule is O=C(Cc1cccc(F)c1Br)c1ccc(Cl)cn1. The highest BCUT2D eigenvalue weighted by Crippen LogP contribution is 2.21. The highest BCUT2D eigenvalue weighted by Gasteiger charge is 2.12. The van der Waals surface area contributed by atoms with Crippen LogP contribution >= 0.6 is 27.5 Å². The van der Waals surface area contributed by atoms with Gasteiger partial charge in [0, 0.05) is 12.6 Å². The molecule has 18 heavy (non-hydrogen) atoms. The Labute approximate surface area is 117 Å². The molecule has 0 N–H and O–H groups in total. The van der Waals surface area contributed by atoms with Gasteiger partial charge in [-0.05, 0) is 39.7 Å². The van der Waals surface area contributed by atoms with Crippen LogP contribution in [-0.4, -0.2) is 10.8 Å². The van der Waals surface area contributed by atoms with Gasteiger partial charge in [-0.15, -0.1) is 0 Å². The van der Waals surface area contributed by atoms with Gasteiger partial charge in [-0.2, -0.15) is 0 Å². The quantitative estimate of drug-likeness (QED) is 0.795. The minimum absolute atomic E-state index is 0.0903. The van der Waals surface area contributed by atoms with Crippen molar-refractivity contribution in [2.45, 2.75) is 6.42 Å². The lowest BCUT2D eigenvalue weighted by Gasteiger charge is -2.04. The molecule has 0 aliphatic rings. The first-order valence-corrected chi connectivity index (χ1v) is 6.32. The van der Waals surface area contributed by atoms with Crippen molar-refractivity contribution in [2.24, 2.45) is 0 Å². The van der Waals surface area contributed by atoms with Gasteiger partial charge in [-0.1, -0.05) is 23.7 Å². The molecule has 0 aliphatic heterocycles. The average Bonchev–Trinajstić information content (AvgIpc) is 2.36. The van der Waals surface area contributed by atoms with Crippen molar-refractivity contribution in [1.29, 1.82) is 0 Å². The number of rotatable bonds is 3. The number of nitrogens with zero attached hydrogens (tertiary/aromatic N) is 1. The third-order valence-corrected chi connectivity index (χ3v) is 3.51. The number of aromatic nitrogens is 1. The number of benzene rings is 1. The lowest BCUT2D eigenvalue weighted by atomic mass is 10.1. The summed E-state index contributed by atoms with van der Waals surface area (Å²) in [5.74, 6) is -0.567. The van der Waals surface area contributed by atoms with Crippen molar-refractivity contribution in [3.63, 3.8) is 0 Å². The zero-order valence-corrected chi connectivity index (χ0v) is 11.5. The van der Waals surface area contributed by atoms with Crippen LogP contribution in [0.3, 0.4) is 0 Å². The van der Waals surface area contributed by atoms with Gasteiger partial charge in [-0.3, -0.25) is 9.78 Å². The highest BCUT2D eigenvalue weighted by molar-refractivity contribution is 9.10. The van der Waals surface area contributed by atoms with Gasteiger partial charge in [0.15, 0.2) is 5.78 Å². The summed E-state index contributed by atoms with van der Waals surface area (Å²) in [5.41, 5.74) is 0.910. The molecule has 92 valence electrons. The fourth-order valence-corrected chi connectivity index (χ4v) is 2.01. The molecular formula is C13H8BrClFNO. The van der Waals surface area contributed by atoms with Crippen LogP contribution in [0.25, 0.3) is 0 Å². The maximum absolute atomic E-state index is 13.3. The monoisotopic (exact) mass is 327 g/mol. The minimum Gasteiger partial charge on any atom is -0.292 e. The average molecular weight is 329 g/mol. The van der Waals surface area contributed by atoms with E-state index in [-0.39, 0.29) is 18.0 Å². The second-order valence-electron chi connectivity index (χ2n) is 3.67. The molecule has 0 spiro atoms. The van der Waals surface area contributed by atoms with E-state index in [4.69, 9.17) is 11.6 Å². The number of halogens is 3. The van der Waals surface area contributed by atoms with Crippen molar-refractivity contribution in [2.75, 3.05) is 0 Å². The molecule has 0 aliphatic carbocycles. The van der Waals surface area contributed by atoms with Crippen LogP contribution in [0.5, 0.6) is 0 Å². The molecule has 0 amide bonds. The third-order valence-electron chi connectivity index (χ3n) is 2.40. The summed E-state index contributed by atoms with van der Waals surface area (Å²) >= 11 is 8.82. The van der Waals surface area contributed by atoms with Gasteiger partial charge in [0.2, 0.25) is 0 Å². The number of carbonyl (C=O) groups excluding carboxylic acids is 1. The Kier molecular flexibility index (Phi) is 4.09. The number of hydrogen-bond donors (Lipinski definition) is 0. The number of hydrogen-bond acceptors (Lipinski definition) is 2. The molecule has 2 nitrogen and oxygen atoms in total. The van der Waals surface area contributed by atoms with Crippen LogP contribution < -0.4 is 0 Å². The lowest BCUT2D eigenvalue weighted by Crippen LogP contribution is -2.06. The summed E-state index contributed by atoms with van der Waals surface area (Å²) in [5, 5.41) is 0.471. The maximum Gasteiger partial charge on any atom is 0.185 e. The van der Waals surface area contributed by atoms with E-state index in [0.29, 0.717) is 20.8 Å². The Morgan fingerprint density at radius 1 is 1.33 bits per heavy atom. The van der Waals surface area contributed by atoms with Gasteiger partial charge < -0.3 is 0 Å².